The fraction of sp³-hybridized carbons (Fsp3) is 1.00. The Bertz CT molecular complexity index is 163. The highest BCUT2D eigenvalue weighted by atomic mass is 32.2. The lowest BCUT2D eigenvalue weighted by molar-refractivity contribution is 0.0786. The van der Waals surface area contributed by atoms with Crippen molar-refractivity contribution < 1.29 is 0 Å². The maximum atomic E-state index is 3.50. The first-order valence-corrected chi connectivity index (χ1v) is 6.92. The summed E-state index contributed by atoms with van der Waals surface area (Å²) in [6.45, 7) is 11.7. The number of piperazine rings is 1. The van der Waals surface area contributed by atoms with Crippen LogP contribution >= 0.6 is 11.8 Å². The van der Waals surface area contributed by atoms with Crippen LogP contribution in [0.3, 0.4) is 0 Å². The Labute approximate surface area is 92.8 Å². The summed E-state index contributed by atoms with van der Waals surface area (Å²) in [4.78, 5) is 2.66. The van der Waals surface area contributed by atoms with Crippen LogP contribution in [0.2, 0.25) is 0 Å². The number of nitrogens with one attached hydrogen (secondary N) is 1. The molecule has 1 unspecified atom stereocenters. The molecule has 0 bridgehead atoms. The molecule has 1 atom stereocenters. The summed E-state index contributed by atoms with van der Waals surface area (Å²) in [5.74, 6) is 2.53. The summed E-state index contributed by atoms with van der Waals surface area (Å²) in [5, 5.41) is 3.50. The number of thioether (sulfide) groups is 1. The van der Waals surface area contributed by atoms with Crippen molar-refractivity contribution in [2.75, 3.05) is 37.7 Å². The predicted molar refractivity (Wildman–Crippen MR) is 66.1 cm³/mol. The van der Waals surface area contributed by atoms with Crippen LogP contribution in [0.5, 0.6) is 0 Å². The second-order valence-electron chi connectivity index (χ2n) is 4.21. The van der Waals surface area contributed by atoms with E-state index in [0.29, 0.717) is 5.54 Å². The molecule has 2 nitrogen and oxygen atoms in total. The van der Waals surface area contributed by atoms with Crippen LogP contribution in [0.1, 0.15) is 27.2 Å². The van der Waals surface area contributed by atoms with E-state index in [1.165, 1.54) is 31.0 Å². The van der Waals surface area contributed by atoms with Crippen LogP contribution in [0.25, 0.3) is 0 Å². The first kappa shape index (κ1) is 12.3. The summed E-state index contributed by atoms with van der Waals surface area (Å²) in [6.07, 6.45) is 1.25. The van der Waals surface area contributed by atoms with Gasteiger partial charge in [0.05, 0.1) is 0 Å². The Hall–Kier alpha value is 0.270. The van der Waals surface area contributed by atoms with Gasteiger partial charge < -0.3 is 5.32 Å². The summed E-state index contributed by atoms with van der Waals surface area (Å²) < 4.78 is 0. The smallest absolute Gasteiger partial charge is 0.0304 e. The highest BCUT2D eigenvalue weighted by Gasteiger charge is 2.31. The van der Waals surface area contributed by atoms with E-state index in [4.69, 9.17) is 0 Å². The average Bonchev–Trinajstić information content (AvgIpc) is 2.21. The zero-order valence-corrected chi connectivity index (χ0v) is 10.6. The van der Waals surface area contributed by atoms with Gasteiger partial charge in [-0.05, 0) is 19.1 Å². The standard InChI is InChI=1S/C11H24N2S/c1-4-11(3)10-12-6-7-13(11)8-9-14-5-2/h12H,4-10H2,1-3H3. The fourth-order valence-corrected chi connectivity index (χ4v) is 2.64. The van der Waals surface area contributed by atoms with Crippen molar-refractivity contribution in [2.24, 2.45) is 0 Å². The zero-order chi connectivity index (χ0) is 10.4. The molecule has 3 heteroatoms. The Morgan fingerprint density at radius 3 is 2.86 bits per heavy atom. The van der Waals surface area contributed by atoms with E-state index >= 15 is 0 Å². The SMILES string of the molecule is CCSCCN1CCNCC1(C)CC. The zero-order valence-electron chi connectivity index (χ0n) is 9.81. The normalized spacial score (nSPS) is 29.4. The van der Waals surface area contributed by atoms with Crippen molar-refractivity contribution in [3.63, 3.8) is 0 Å². The van der Waals surface area contributed by atoms with Gasteiger partial charge in [0.25, 0.3) is 0 Å². The van der Waals surface area contributed by atoms with E-state index in [1.54, 1.807) is 0 Å². The molecule has 1 saturated heterocycles. The van der Waals surface area contributed by atoms with Crippen LogP contribution in [0, 0.1) is 0 Å². The van der Waals surface area contributed by atoms with Crippen molar-refractivity contribution in [2.45, 2.75) is 32.7 Å². The molecule has 1 aliphatic rings. The van der Waals surface area contributed by atoms with E-state index in [2.05, 4.69) is 42.7 Å². The molecule has 0 aromatic carbocycles. The number of hydrogen-bond acceptors (Lipinski definition) is 3. The van der Waals surface area contributed by atoms with Gasteiger partial charge in [-0.3, -0.25) is 4.90 Å². The largest absolute Gasteiger partial charge is 0.314 e. The molecule has 1 fully saturated rings. The van der Waals surface area contributed by atoms with Gasteiger partial charge in [0, 0.05) is 37.5 Å². The van der Waals surface area contributed by atoms with Crippen LogP contribution in [-0.4, -0.2) is 48.1 Å². The maximum absolute atomic E-state index is 3.50. The predicted octanol–water partition coefficient (Wildman–Crippen LogP) is 1.81. The topological polar surface area (TPSA) is 15.3 Å². The molecule has 0 aromatic heterocycles. The van der Waals surface area contributed by atoms with E-state index in [-0.39, 0.29) is 0 Å². The maximum Gasteiger partial charge on any atom is 0.0304 e. The minimum atomic E-state index is 0.395. The third kappa shape index (κ3) is 3.14. The Morgan fingerprint density at radius 1 is 1.43 bits per heavy atom. The van der Waals surface area contributed by atoms with Gasteiger partial charge >= 0.3 is 0 Å². The van der Waals surface area contributed by atoms with Gasteiger partial charge in [-0.2, -0.15) is 11.8 Å². The third-order valence-electron chi connectivity index (χ3n) is 3.30. The minimum Gasteiger partial charge on any atom is -0.314 e. The second kappa shape index (κ2) is 5.99. The Morgan fingerprint density at radius 2 is 2.21 bits per heavy atom. The first-order valence-electron chi connectivity index (χ1n) is 5.76. The number of nitrogens with zero attached hydrogens (tertiary/aromatic N) is 1. The lowest BCUT2D eigenvalue weighted by Gasteiger charge is -2.45. The van der Waals surface area contributed by atoms with Gasteiger partial charge in [0.15, 0.2) is 0 Å². The summed E-state index contributed by atoms with van der Waals surface area (Å²) >= 11 is 2.05. The van der Waals surface area contributed by atoms with Crippen molar-refractivity contribution in [1.29, 1.82) is 0 Å². The summed E-state index contributed by atoms with van der Waals surface area (Å²) in [5.41, 5.74) is 0.395. The molecule has 0 aromatic rings. The molecule has 0 saturated carbocycles. The summed E-state index contributed by atoms with van der Waals surface area (Å²) in [7, 11) is 0. The molecule has 1 N–H and O–H groups in total. The van der Waals surface area contributed by atoms with E-state index in [1.807, 2.05) is 0 Å². The third-order valence-corrected chi connectivity index (χ3v) is 4.18. The van der Waals surface area contributed by atoms with Gasteiger partial charge in [0.1, 0.15) is 0 Å². The molecule has 1 heterocycles. The molecule has 84 valence electrons. The van der Waals surface area contributed by atoms with Crippen molar-refractivity contribution in [3.8, 4) is 0 Å². The van der Waals surface area contributed by atoms with Crippen molar-refractivity contribution in [3.05, 3.63) is 0 Å². The van der Waals surface area contributed by atoms with Crippen LogP contribution in [0.4, 0.5) is 0 Å². The molecule has 0 amide bonds. The fourth-order valence-electron chi connectivity index (χ4n) is 2.00. The molecule has 0 spiro atoms. The monoisotopic (exact) mass is 216 g/mol. The second-order valence-corrected chi connectivity index (χ2v) is 5.61. The van der Waals surface area contributed by atoms with E-state index < -0.39 is 0 Å². The molecular formula is C11H24N2S. The average molecular weight is 216 g/mol. The lowest BCUT2D eigenvalue weighted by atomic mass is 9.94. The molecular weight excluding hydrogens is 192 g/mol. The highest BCUT2D eigenvalue weighted by molar-refractivity contribution is 7.99. The summed E-state index contributed by atoms with van der Waals surface area (Å²) in [6, 6.07) is 0. The Kier molecular flexibility index (Phi) is 5.28. The lowest BCUT2D eigenvalue weighted by Crippen LogP contribution is -2.59. The Balaban J connectivity index is 2.38. The van der Waals surface area contributed by atoms with Gasteiger partial charge in [0.2, 0.25) is 0 Å². The molecule has 0 aliphatic carbocycles. The van der Waals surface area contributed by atoms with E-state index in [9.17, 15) is 0 Å². The van der Waals surface area contributed by atoms with Gasteiger partial charge in [-0.25, -0.2) is 0 Å². The first-order chi connectivity index (χ1) is 6.73. The van der Waals surface area contributed by atoms with Crippen molar-refractivity contribution >= 4 is 11.8 Å². The van der Waals surface area contributed by atoms with Gasteiger partial charge in [-0.15, -0.1) is 0 Å². The molecule has 0 radical (unpaired) electrons. The van der Waals surface area contributed by atoms with Crippen molar-refractivity contribution in [1.82, 2.24) is 10.2 Å². The van der Waals surface area contributed by atoms with Crippen LogP contribution in [-0.2, 0) is 0 Å². The molecule has 14 heavy (non-hydrogen) atoms. The van der Waals surface area contributed by atoms with Crippen LogP contribution in [0.15, 0.2) is 0 Å². The minimum absolute atomic E-state index is 0.395. The molecule has 1 aliphatic heterocycles. The van der Waals surface area contributed by atoms with E-state index in [0.717, 1.165) is 13.1 Å². The quantitative estimate of drug-likeness (QED) is 0.706. The van der Waals surface area contributed by atoms with Gasteiger partial charge in [-0.1, -0.05) is 13.8 Å². The van der Waals surface area contributed by atoms with Crippen LogP contribution < -0.4 is 5.32 Å². The number of rotatable bonds is 5. The number of hydrogen-bond donors (Lipinski definition) is 1. The molecule has 1 rings (SSSR count). The highest BCUT2D eigenvalue weighted by Crippen LogP contribution is 2.21.